The molecule has 162 valence electrons. The maximum Gasteiger partial charge on any atom is 0.240 e. The van der Waals surface area contributed by atoms with Crippen molar-refractivity contribution in [2.75, 3.05) is 36.2 Å². The summed E-state index contributed by atoms with van der Waals surface area (Å²) in [5, 5.41) is 3.94. The van der Waals surface area contributed by atoms with E-state index in [1.54, 1.807) is 48.2 Å². The lowest BCUT2D eigenvalue weighted by molar-refractivity contribution is -0.119. The maximum absolute atomic E-state index is 12.3. The Hall–Kier alpha value is -1.81. The van der Waals surface area contributed by atoms with Gasteiger partial charge in [-0.15, -0.1) is 0 Å². The van der Waals surface area contributed by atoms with Gasteiger partial charge in [0.2, 0.25) is 22.7 Å². The van der Waals surface area contributed by atoms with Gasteiger partial charge in [-0.05, 0) is 29.8 Å². The summed E-state index contributed by atoms with van der Waals surface area (Å²) in [5.74, 6) is 1.80. The molecule has 1 amide bonds. The highest BCUT2D eigenvalue weighted by atomic mass is 35.5. The second-order valence-corrected chi connectivity index (χ2v) is 10.2. The molecule has 0 bridgehead atoms. The standard InChI is InChI=1S/C19H20Cl2N2O5S2/c1-30(25,26)23(13-5-6-17-18(9-13)28-12-27-17)10-19(24)22-7-8-29-11-14-15(20)3-2-4-16(14)21/h2-6,9H,7-8,10-12H2,1H3,(H,22,24). The smallest absolute Gasteiger partial charge is 0.240 e. The van der Waals surface area contributed by atoms with Gasteiger partial charge in [0, 0.05) is 34.2 Å². The van der Waals surface area contributed by atoms with E-state index >= 15 is 0 Å². The van der Waals surface area contributed by atoms with Crippen molar-refractivity contribution >= 4 is 56.6 Å². The van der Waals surface area contributed by atoms with Crippen LogP contribution in [0.4, 0.5) is 5.69 Å². The minimum atomic E-state index is -3.67. The molecule has 0 aromatic heterocycles. The zero-order valence-electron chi connectivity index (χ0n) is 16.1. The number of benzene rings is 2. The fourth-order valence-electron chi connectivity index (χ4n) is 2.73. The number of anilines is 1. The number of ether oxygens (including phenoxy) is 2. The summed E-state index contributed by atoms with van der Waals surface area (Å²) in [6, 6.07) is 10.1. The van der Waals surface area contributed by atoms with E-state index < -0.39 is 15.9 Å². The number of sulfonamides is 1. The van der Waals surface area contributed by atoms with Crippen LogP contribution >= 0.6 is 35.0 Å². The second kappa shape index (κ2) is 10.00. The number of nitrogens with one attached hydrogen (secondary N) is 1. The van der Waals surface area contributed by atoms with E-state index in [0.717, 1.165) is 16.1 Å². The topological polar surface area (TPSA) is 84.9 Å². The van der Waals surface area contributed by atoms with Crippen LogP contribution in [0.1, 0.15) is 5.56 Å². The molecule has 11 heteroatoms. The number of hydrogen-bond donors (Lipinski definition) is 1. The lowest BCUT2D eigenvalue weighted by atomic mass is 10.2. The van der Waals surface area contributed by atoms with Gasteiger partial charge in [-0.25, -0.2) is 8.42 Å². The van der Waals surface area contributed by atoms with Gasteiger partial charge in [0.05, 0.1) is 11.9 Å². The van der Waals surface area contributed by atoms with Crippen molar-refractivity contribution < 1.29 is 22.7 Å². The number of rotatable bonds is 9. The molecule has 0 saturated carbocycles. The van der Waals surface area contributed by atoms with Gasteiger partial charge in [-0.2, -0.15) is 11.8 Å². The summed E-state index contributed by atoms with van der Waals surface area (Å²) in [5.41, 5.74) is 1.18. The second-order valence-electron chi connectivity index (χ2n) is 6.41. The van der Waals surface area contributed by atoms with Crippen molar-refractivity contribution in [3.05, 3.63) is 52.0 Å². The largest absolute Gasteiger partial charge is 0.454 e. The quantitative estimate of drug-likeness (QED) is 0.541. The van der Waals surface area contributed by atoms with Gasteiger partial charge in [-0.3, -0.25) is 9.10 Å². The normalized spacial score (nSPS) is 12.6. The lowest BCUT2D eigenvalue weighted by Gasteiger charge is -2.22. The highest BCUT2D eigenvalue weighted by Gasteiger charge is 2.23. The van der Waals surface area contributed by atoms with Gasteiger partial charge in [0.1, 0.15) is 6.54 Å². The molecule has 30 heavy (non-hydrogen) atoms. The summed E-state index contributed by atoms with van der Waals surface area (Å²) in [7, 11) is -3.67. The Labute approximate surface area is 189 Å². The monoisotopic (exact) mass is 490 g/mol. The first-order valence-corrected chi connectivity index (χ1v) is 12.7. The van der Waals surface area contributed by atoms with E-state index in [1.165, 1.54) is 0 Å². The molecule has 3 rings (SSSR count). The summed E-state index contributed by atoms with van der Waals surface area (Å²) in [6.45, 7) is 0.124. The molecule has 1 aliphatic heterocycles. The van der Waals surface area contributed by atoms with Crippen molar-refractivity contribution in [2.24, 2.45) is 0 Å². The minimum Gasteiger partial charge on any atom is -0.454 e. The molecule has 0 radical (unpaired) electrons. The van der Waals surface area contributed by atoms with E-state index in [2.05, 4.69) is 5.32 Å². The highest BCUT2D eigenvalue weighted by Crippen LogP contribution is 2.36. The van der Waals surface area contributed by atoms with Crippen molar-refractivity contribution in [2.45, 2.75) is 5.75 Å². The van der Waals surface area contributed by atoms with Crippen LogP contribution in [0.25, 0.3) is 0 Å². The van der Waals surface area contributed by atoms with E-state index in [1.807, 2.05) is 0 Å². The number of halogens is 2. The zero-order valence-corrected chi connectivity index (χ0v) is 19.2. The van der Waals surface area contributed by atoms with E-state index in [9.17, 15) is 13.2 Å². The molecule has 2 aromatic rings. The third-order valence-electron chi connectivity index (χ3n) is 4.21. The van der Waals surface area contributed by atoms with E-state index in [-0.39, 0.29) is 13.3 Å². The highest BCUT2D eigenvalue weighted by molar-refractivity contribution is 7.98. The van der Waals surface area contributed by atoms with Crippen LogP contribution in [-0.4, -0.2) is 46.2 Å². The molecule has 0 unspecified atom stereocenters. The van der Waals surface area contributed by atoms with Gasteiger partial charge >= 0.3 is 0 Å². The Bertz CT molecular complexity index is 1010. The fraction of sp³-hybridized carbons (Fsp3) is 0.316. The van der Waals surface area contributed by atoms with Crippen LogP contribution in [0.2, 0.25) is 10.0 Å². The van der Waals surface area contributed by atoms with Crippen LogP contribution in [-0.2, 0) is 20.6 Å². The average Bonchev–Trinajstić information content (AvgIpc) is 3.14. The fourth-order valence-corrected chi connectivity index (χ4v) is 5.18. The number of carbonyl (C=O) groups is 1. The Morgan fingerprint density at radius 3 is 2.57 bits per heavy atom. The Morgan fingerprint density at radius 2 is 1.87 bits per heavy atom. The van der Waals surface area contributed by atoms with Crippen LogP contribution in [0, 0.1) is 0 Å². The van der Waals surface area contributed by atoms with Crippen molar-refractivity contribution in [1.29, 1.82) is 0 Å². The summed E-state index contributed by atoms with van der Waals surface area (Å²) in [4.78, 5) is 12.3. The zero-order chi connectivity index (χ0) is 21.7. The third-order valence-corrected chi connectivity index (χ3v) is 7.04. The summed E-state index contributed by atoms with van der Waals surface area (Å²) < 4.78 is 36.0. The predicted molar refractivity (Wildman–Crippen MR) is 120 cm³/mol. The molecule has 0 saturated heterocycles. The SMILES string of the molecule is CS(=O)(=O)N(CC(=O)NCCSCc1c(Cl)cccc1Cl)c1ccc2c(c1)OCO2. The summed E-state index contributed by atoms with van der Waals surface area (Å²) >= 11 is 13.8. The number of fused-ring (bicyclic) bond motifs is 1. The number of thioether (sulfide) groups is 1. The van der Waals surface area contributed by atoms with Crippen LogP contribution < -0.4 is 19.1 Å². The van der Waals surface area contributed by atoms with Crippen molar-refractivity contribution in [3.63, 3.8) is 0 Å². The molecule has 1 aliphatic rings. The number of nitrogens with zero attached hydrogens (tertiary/aromatic N) is 1. The molecular formula is C19H20Cl2N2O5S2. The Balaban J connectivity index is 1.52. The number of carbonyl (C=O) groups excluding carboxylic acids is 1. The first-order chi connectivity index (χ1) is 14.3. The van der Waals surface area contributed by atoms with Crippen molar-refractivity contribution in [1.82, 2.24) is 5.32 Å². The molecule has 1 N–H and O–H groups in total. The lowest BCUT2D eigenvalue weighted by Crippen LogP contribution is -2.41. The molecule has 7 nitrogen and oxygen atoms in total. The third kappa shape index (κ3) is 5.87. The van der Waals surface area contributed by atoms with Gasteiger partial charge in [0.25, 0.3) is 0 Å². The first kappa shape index (κ1) is 22.9. The minimum absolute atomic E-state index is 0.0786. The van der Waals surface area contributed by atoms with Crippen LogP contribution in [0.3, 0.4) is 0 Å². The predicted octanol–water partition coefficient (Wildman–Crippen LogP) is 3.54. The molecule has 0 spiro atoms. The van der Waals surface area contributed by atoms with Gasteiger partial charge in [-0.1, -0.05) is 29.3 Å². The van der Waals surface area contributed by atoms with Crippen LogP contribution in [0.15, 0.2) is 36.4 Å². The van der Waals surface area contributed by atoms with E-state index in [4.69, 9.17) is 32.7 Å². The number of amides is 1. The number of hydrogen-bond acceptors (Lipinski definition) is 6. The Kier molecular flexibility index (Phi) is 7.62. The maximum atomic E-state index is 12.3. The van der Waals surface area contributed by atoms with Crippen LogP contribution in [0.5, 0.6) is 11.5 Å². The molecule has 2 aromatic carbocycles. The first-order valence-electron chi connectivity index (χ1n) is 8.90. The average molecular weight is 491 g/mol. The molecular weight excluding hydrogens is 471 g/mol. The molecule has 0 aliphatic carbocycles. The van der Waals surface area contributed by atoms with Gasteiger partial charge in [0.15, 0.2) is 11.5 Å². The van der Waals surface area contributed by atoms with Gasteiger partial charge < -0.3 is 14.8 Å². The summed E-state index contributed by atoms with van der Waals surface area (Å²) in [6.07, 6.45) is 1.05. The van der Waals surface area contributed by atoms with E-state index in [0.29, 0.717) is 45.3 Å². The molecule has 0 atom stereocenters. The molecule has 0 fully saturated rings. The van der Waals surface area contributed by atoms with Crippen molar-refractivity contribution in [3.8, 4) is 11.5 Å². The molecule has 1 heterocycles. The Morgan fingerprint density at radius 1 is 1.17 bits per heavy atom.